The molecule has 0 heterocycles. The van der Waals surface area contributed by atoms with E-state index < -0.39 is 0 Å². The molecule has 2 aliphatic carbocycles. The molecule has 2 aliphatic rings. The summed E-state index contributed by atoms with van der Waals surface area (Å²) < 4.78 is 0. The van der Waals surface area contributed by atoms with Crippen LogP contribution in [0.15, 0.2) is 12.7 Å². The van der Waals surface area contributed by atoms with E-state index in [2.05, 4.69) is 53.1 Å². The lowest BCUT2D eigenvalue weighted by Crippen LogP contribution is -2.59. The van der Waals surface area contributed by atoms with Gasteiger partial charge in [0.25, 0.3) is 0 Å². The van der Waals surface area contributed by atoms with Crippen molar-refractivity contribution >= 4 is 0 Å². The van der Waals surface area contributed by atoms with E-state index in [0.29, 0.717) is 11.5 Å². The monoisotopic (exact) mass is 377 g/mol. The average Bonchev–Trinajstić information content (AvgIpc) is 2.88. The van der Waals surface area contributed by atoms with Gasteiger partial charge < -0.3 is 10.0 Å². The Morgan fingerprint density at radius 3 is 2.37 bits per heavy atom. The van der Waals surface area contributed by atoms with E-state index in [4.69, 9.17) is 0 Å². The standard InChI is InChI=1S/C25H47NO/c1-8-9-10-18-26(7)22-15-17-24(5)21(14-16-25(24,6)23(22)27)20(4)13-11-12-19(2)3/h8,19-23,27H,1,9-18H2,2-7H3/t20-,21?,22+,23+,24-,25+/m1/s1. The zero-order chi connectivity index (χ0) is 20.2. The highest BCUT2D eigenvalue weighted by molar-refractivity contribution is 5.12. The number of allylic oxidation sites excluding steroid dienone is 1. The quantitative estimate of drug-likeness (QED) is 0.357. The maximum Gasteiger partial charge on any atom is 0.0754 e. The van der Waals surface area contributed by atoms with Crippen LogP contribution in [0.25, 0.3) is 0 Å². The number of likely N-dealkylation sites (N-methyl/N-ethyl adjacent to an activating group) is 1. The molecule has 0 aromatic carbocycles. The Labute approximate surface area is 169 Å². The Morgan fingerprint density at radius 2 is 1.74 bits per heavy atom. The fourth-order valence-corrected chi connectivity index (χ4v) is 6.54. The molecule has 0 aromatic heterocycles. The van der Waals surface area contributed by atoms with Crippen LogP contribution in [-0.2, 0) is 0 Å². The number of fused-ring (bicyclic) bond motifs is 1. The van der Waals surface area contributed by atoms with E-state index in [1.54, 1.807) is 0 Å². The molecule has 0 bridgehead atoms. The summed E-state index contributed by atoms with van der Waals surface area (Å²) in [4.78, 5) is 2.43. The highest BCUT2D eigenvalue weighted by atomic mass is 16.3. The Balaban J connectivity index is 2.04. The molecule has 6 atom stereocenters. The molecule has 2 rings (SSSR count). The van der Waals surface area contributed by atoms with Crippen LogP contribution >= 0.6 is 0 Å². The van der Waals surface area contributed by atoms with Gasteiger partial charge in [-0.15, -0.1) is 6.58 Å². The Hall–Kier alpha value is -0.340. The predicted octanol–water partition coefficient (Wildman–Crippen LogP) is 6.29. The van der Waals surface area contributed by atoms with Crippen molar-refractivity contribution in [2.75, 3.05) is 13.6 Å². The van der Waals surface area contributed by atoms with Crippen molar-refractivity contribution in [2.24, 2.45) is 28.6 Å². The Kier molecular flexibility index (Phi) is 8.02. The topological polar surface area (TPSA) is 23.5 Å². The van der Waals surface area contributed by atoms with E-state index in [0.717, 1.165) is 43.6 Å². The van der Waals surface area contributed by atoms with Crippen molar-refractivity contribution in [3.8, 4) is 0 Å². The molecule has 0 aliphatic heterocycles. The van der Waals surface area contributed by atoms with E-state index in [-0.39, 0.29) is 11.5 Å². The molecular weight excluding hydrogens is 330 g/mol. The number of nitrogens with zero attached hydrogens (tertiary/aromatic N) is 1. The van der Waals surface area contributed by atoms with E-state index >= 15 is 0 Å². The van der Waals surface area contributed by atoms with Gasteiger partial charge in [0, 0.05) is 11.5 Å². The molecule has 2 saturated carbocycles. The van der Waals surface area contributed by atoms with E-state index in [1.807, 2.05) is 6.08 Å². The molecule has 158 valence electrons. The van der Waals surface area contributed by atoms with Gasteiger partial charge in [-0.2, -0.15) is 0 Å². The van der Waals surface area contributed by atoms with Gasteiger partial charge in [-0.1, -0.05) is 60.0 Å². The summed E-state index contributed by atoms with van der Waals surface area (Å²) in [5.74, 6) is 2.37. The second-order valence-electron chi connectivity index (χ2n) is 10.7. The van der Waals surface area contributed by atoms with Crippen molar-refractivity contribution in [2.45, 2.75) is 105 Å². The van der Waals surface area contributed by atoms with Crippen molar-refractivity contribution in [1.29, 1.82) is 0 Å². The zero-order valence-corrected chi connectivity index (χ0v) is 19.1. The third kappa shape index (κ3) is 4.64. The molecule has 0 radical (unpaired) electrons. The molecule has 2 nitrogen and oxygen atoms in total. The van der Waals surface area contributed by atoms with Crippen LogP contribution < -0.4 is 0 Å². The molecule has 0 spiro atoms. The van der Waals surface area contributed by atoms with Crippen LogP contribution in [0.4, 0.5) is 0 Å². The first kappa shape index (κ1) is 22.9. The minimum Gasteiger partial charge on any atom is -0.391 e. The summed E-state index contributed by atoms with van der Waals surface area (Å²) in [7, 11) is 2.21. The van der Waals surface area contributed by atoms with E-state index in [9.17, 15) is 5.11 Å². The molecule has 0 aromatic rings. The minimum absolute atomic E-state index is 0.0690. The fourth-order valence-electron chi connectivity index (χ4n) is 6.54. The fraction of sp³-hybridized carbons (Fsp3) is 0.920. The molecule has 0 amide bonds. The number of unbranched alkanes of at least 4 members (excludes halogenated alkanes) is 1. The van der Waals surface area contributed by atoms with Crippen molar-refractivity contribution in [1.82, 2.24) is 4.90 Å². The van der Waals surface area contributed by atoms with Crippen molar-refractivity contribution in [3.05, 3.63) is 12.7 Å². The lowest BCUT2D eigenvalue weighted by molar-refractivity contribution is -0.133. The van der Waals surface area contributed by atoms with Gasteiger partial charge in [-0.25, -0.2) is 0 Å². The first-order valence-electron chi connectivity index (χ1n) is 11.7. The Morgan fingerprint density at radius 1 is 1.07 bits per heavy atom. The smallest absolute Gasteiger partial charge is 0.0754 e. The summed E-state index contributed by atoms with van der Waals surface area (Å²) in [6.45, 7) is 17.0. The first-order chi connectivity index (χ1) is 12.7. The normalized spacial score (nSPS) is 37.6. The average molecular weight is 378 g/mol. The molecule has 1 N–H and O–H groups in total. The summed E-state index contributed by atoms with van der Waals surface area (Å²) in [5.41, 5.74) is 0.363. The van der Waals surface area contributed by atoms with Crippen LogP contribution in [0, 0.1) is 28.6 Å². The number of aliphatic hydroxyl groups excluding tert-OH is 1. The highest BCUT2D eigenvalue weighted by Gasteiger charge is 2.62. The number of aliphatic hydroxyl groups is 1. The number of hydrogen-bond donors (Lipinski definition) is 1. The van der Waals surface area contributed by atoms with Crippen LogP contribution in [0.3, 0.4) is 0 Å². The maximum atomic E-state index is 11.5. The minimum atomic E-state index is -0.196. The molecular formula is C25H47NO. The lowest BCUT2D eigenvalue weighted by Gasteiger charge is -2.56. The van der Waals surface area contributed by atoms with Gasteiger partial charge in [0.05, 0.1) is 6.10 Å². The maximum absolute atomic E-state index is 11.5. The molecule has 27 heavy (non-hydrogen) atoms. The number of rotatable bonds is 10. The first-order valence-corrected chi connectivity index (χ1v) is 11.7. The summed E-state index contributed by atoms with van der Waals surface area (Å²) in [5, 5.41) is 11.5. The van der Waals surface area contributed by atoms with Gasteiger partial charge in [0.1, 0.15) is 0 Å². The summed E-state index contributed by atoms with van der Waals surface area (Å²) in [6, 6.07) is 0.322. The van der Waals surface area contributed by atoms with Gasteiger partial charge in [0.15, 0.2) is 0 Å². The Bertz CT molecular complexity index is 475. The third-order valence-electron chi connectivity index (χ3n) is 8.69. The van der Waals surface area contributed by atoms with E-state index in [1.165, 1.54) is 38.5 Å². The van der Waals surface area contributed by atoms with Gasteiger partial charge in [-0.05, 0) is 75.3 Å². The molecule has 0 saturated heterocycles. The molecule has 2 heteroatoms. The van der Waals surface area contributed by atoms with Gasteiger partial charge >= 0.3 is 0 Å². The molecule has 2 fully saturated rings. The highest BCUT2D eigenvalue weighted by Crippen LogP contribution is 2.65. The number of hydrogen-bond acceptors (Lipinski definition) is 2. The second-order valence-corrected chi connectivity index (χ2v) is 10.7. The van der Waals surface area contributed by atoms with Crippen LogP contribution in [0.2, 0.25) is 0 Å². The van der Waals surface area contributed by atoms with Crippen LogP contribution in [0.5, 0.6) is 0 Å². The molecule has 1 unspecified atom stereocenters. The second kappa shape index (κ2) is 9.44. The largest absolute Gasteiger partial charge is 0.391 e. The predicted molar refractivity (Wildman–Crippen MR) is 118 cm³/mol. The third-order valence-corrected chi connectivity index (χ3v) is 8.69. The zero-order valence-electron chi connectivity index (χ0n) is 19.1. The van der Waals surface area contributed by atoms with Gasteiger partial charge in [0.2, 0.25) is 0 Å². The summed E-state index contributed by atoms with van der Waals surface area (Å²) >= 11 is 0. The van der Waals surface area contributed by atoms with Crippen LogP contribution in [0.1, 0.15) is 92.4 Å². The van der Waals surface area contributed by atoms with Crippen molar-refractivity contribution in [3.63, 3.8) is 0 Å². The van der Waals surface area contributed by atoms with Crippen LogP contribution in [-0.4, -0.2) is 35.7 Å². The SMILES string of the molecule is C=CCCCN(C)[C@H]1CC[C@]2(C)C([C@H](C)CCCC(C)C)CC[C@@]2(C)[C@H]1O. The lowest BCUT2D eigenvalue weighted by atomic mass is 9.53. The summed E-state index contributed by atoms with van der Waals surface area (Å²) in [6.07, 6.45) is 13.0. The van der Waals surface area contributed by atoms with Gasteiger partial charge in [-0.3, -0.25) is 0 Å². The van der Waals surface area contributed by atoms with Crippen molar-refractivity contribution < 1.29 is 5.11 Å².